The van der Waals surface area contributed by atoms with E-state index in [4.69, 9.17) is 4.74 Å². The molecule has 0 aliphatic heterocycles. The van der Waals surface area contributed by atoms with E-state index in [1.54, 1.807) is 6.07 Å². The van der Waals surface area contributed by atoms with Crippen LogP contribution in [0.3, 0.4) is 0 Å². The Morgan fingerprint density at radius 3 is 2.53 bits per heavy atom. The van der Waals surface area contributed by atoms with Crippen molar-refractivity contribution < 1.29 is 13.9 Å². The number of carbonyl (C=O) groups excluding carboxylic acids is 1. The van der Waals surface area contributed by atoms with E-state index >= 15 is 0 Å². The Morgan fingerprint density at radius 1 is 1.07 bits per heavy atom. The summed E-state index contributed by atoms with van der Waals surface area (Å²) in [4.78, 5) is 16.2. The van der Waals surface area contributed by atoms with Gasteiger partial charge in [0.05, 0.1) is 6.54 Å². The first-order valence-corrected chi connectivity index (χ1v) is 10.4. The molecule has 1 aliphatic rings. The Balaban J connectivity index is 1.43. The Bertz CT molecular complexity index is 851. The van der Waals surface area contributed by atoms with Gasteiger partial charge >= 0.3 is 0 Å². The third-order valence-electron chi connectivity index (χ3n) is 4.65. The number of nitrogens with zero attached hydrogens (tertiary/aromatic N) is 1. The molecule has 0 atom stereocenters. The van der Waals surface area contributed by atoms with Crippen molar-refractivity contribution in [3.63, 3.8) is 0 Å². The molecule has 160 valence electrons. The second-order valence-electron chi connectivity index (χ2n) is 7.25. The van der Waals surface area contributed by atoms with Crippen LogP contribution in [0.25, 0.3) is 0 Å². The fraction of sp³-hybridized carbons (Fsp3) is 0.391. The van der Waals surface area contributed by atoms with Crippen LogP contribution in [0.2, 0.25) is 0 Å². The summed E-state index contributed by atoms with van der Waals surface area (Å²) >= 11 is 0. The SMILES string of the molecule is CCNC(=NCc1ccc(OCc2cccc(F)c2)cc1)NCCNC(=O)C1CC1. The van der Waals surface area contributed by atoms with Gasteiger partial charge in [0.25, 0.3) is 0 Å². The quantitative estimate of drug-likeness (QED) is 0.319. The summed E-state index contributed by atoms with van der Waals surface area (Å²) in [6.07, 6.45) is 2.02. The number of halogens is 1. The molecule has 0 radical (unpaired) electrons. The summed E-state index contributed by atoms with van der Waals surface area (Å²) in [6.45, 7) is 4.81. The zero-order valence-electron chi connectivity index (χ0n) is 17.3. The van der Waals surface area contributed by atoms with Gasteiger partial charge in [-0.25, -0.2) is 9.38 Å². The van der Waals surface area contributed by atoms with Crippen molar-refractivity contribution in [1.82, 2.24) is 16.0 Å². The molecule has 30 heavy (non-hydrogen) atoms. The molecule has 0 spiro atoms. The second-order valence-corrected chi connectivity index (χ2v) is 7.25. The monoisotopic (exact) mass is 412 g/mol. The van der Waals surface area contributed by atoms with E-state index in [-0.39, 0.29) is 17.6 Å². The van der Waals surface area contributed by atoms with Crippen LogP contribution in [0.5, 0.6) is 5.75 Å². The summed E-state index contributed by atoms with van der Waals surface area (Å²) in [5.41, 5.74) is 1.84. The summed E-state index contributed by atoms with van der Waals surface area (Å²) in [7, 11) is 0. The van der Waals surface area contributed by atoms with Crippen LogP contribution in [0.15, 0.2) is 53.5 Å². The van der Waals surface area contributed by atoms with Gasteiger partial charge in [-0.15, -0.1) is 0 Å². The van der Waals surface area contributed by atoms with Crippen molar-refractivity contribution in [2.45, 2.75) is 32.9 Å². The molecule has 0 bridgehead atoms. The third-order valence-corrected chi connectivity index (χ3v) is 4.65. The van der Waals surface area contributed by atoms with E-state index in [2.05, 4.69) is 20.9 Å². The molecule has 2 aromatic carbocycles. The van der Waals surface area contributed by atoms with E-state index in [1.165, 1.54) is 12.1 Å². The van der Waals surface area contributed by atoms with Gasteiger partial charge in [-0.3, -0.25) is 4.79 Å². The Morgan fingerprint density at radius 2 is 1.83 bits per heavy atom. The first kappa shape index (κ1) is 21.6. The standard InChI is InChI=1S/C23H29FN4O2/c1-2-25-23(27-13-12-26-22(29)19-8-9-19)28-15-17-6-10-21(11-7-17)30-16-18-4-3-5-20(24)14-18/h3-7,10-11,14,19H,2,8-9,12-13,15-16H2,1H3,(H,26,29)(H2,25,27,28). The van der Waals surface area contributed by atoms with Gasteiger partial charge in [0.2, 0.25) is 5.91 Å². The van der Waals surface area contributed by atoms with E-state index in [0.29, 0.717) is 32.2 Å². The van der Waals surface area contributed by atoms with Gasteiger partial charge in [0.15, 0.2) is 5.96 Å². The highest BCUT2D eigenvalue weighted by Gasteiger charge is 2.28. The molecule has 2 aromatic rings. The van der Waals surface area contributed by atoms with Crippen molar-refractivity contribution in [2.24, 2.45) is 10.9 Å². The molecule has 1 amide bonds. The smallest absolute Gasteiger partial charge is 0.223 e. The average Bonchev–Trinajstić information content (AvgIpc) is 3.60. The number of carbonyl (C=O) groups is 1. The fourth-order valence-corrected chi connectivity index (χ4v) is 2.85. The molecule has 7 heteroatoms. The predicted octanol–water partition coefficient (Wildman–Crippen LogP) is 2.99. The maximum atomic E-state index is 13.2. The Kier molecular flexibility index (Phi) is 8.06. The molecule has 0 unspecified atom stereocenters. The van der Waals surface area contributed by atoms with E-state index in [9.17, 15) is 9.18 Å². The summed E-state index contributed by atoms with van der Waals surface area (Å²) in [5.74, 6) is 1.55. The van der Waals surface area contributed by atoms with Gasteiger partial charge < -0.3 is 20.7 Å². The summed E-state index contributed by atoms with van der Waals surface area (Å²) < 4.78 is 18.9. The lowest BCUT2D eigenvalue weighted by Gasteiger charge is -2.12. The molecule has 1 fully saturated rings. The number of aliphatic imine (C=N–C) groups is 1. The molecule has 6 nitrogen and oxygen atoms in total. The first-order chi connectivity index (χ1) is 14.6. The molecule has 0 aromatic heterocycles. The molecular formula is C23H29FN4O2. The molecule has 3 rings (SSSR count). The van der Waals surface area contributed by atoms with Crippen LogP contribution >= 0.6 is 0 Å². The van der Waals surface area contributed by atoms with Crippen molar-refractivity contribution in [3.05, 3.63) is 65.5 Å². The minimum atomic E-state index is -0.264. The largest absolute Gasteiger partial charge is 0.489 e. The highest BCUT2D eigenvalue weighted by atomic mass is 19.1. The maximum Gasteiger partial charge on any atom is 0.223 e. The maximum absolute atomic E-state index is 13.2. The Hall–Kier alpha value is -3.09. The lowest BCUT2D eigenvalue weighted by Crippen LogP contribution is -2.41. The number of rotatable bonds is 10. The van der Waals surface area contributed by atoms with Crippen molar-refractivity contribution >= 4 is 11.9 Å². The van der Waals surface area contributed by atoms with Crippen LogP contribution in [0.1, 0.15) is 30.9 Å². The first-order valence-electron chi connectivity index (χ1n) is 10.4. The topological polar surface area (TPSA) is 74.8 Å². The summed E-state index contributed by atoms with van der Waals surface area (Å²) in [6, 6.07) is 14.1. The molecule has 1 saturated carbocycles. The number of nitrogens with one attached hydrogen (secondary N) is 3. The number of hydrogen-bond donors (Lipinski definition) is 3. The number of hydrogen-bond acceptors (Lipinski definition) is 3. The minimum Gasteiger partial charge on any atom is -0.489 e. The van der Waals surface area contributed by atoms with Crippen LogP contribution in [0, 0.1) is 11.7 Å². The molecule has 3 N–H and O–H groups in total. The number of ether oxygens (including phenoxy) is 1. The molecule has 0 saturated heterocycles. The minimum absolute atomic E-state index is 0.151. The van der Waals surface area contributed by atoms with Crippen LogP contribution in [0.4, 0.5) is 4.39 Å². The van der Waals surface area contributed by atoms with E-state index in [0.717, 1.165) is 36.3 Å². The molecule has 0 heterocycles. The van der Waals surface area contributed by atoms with Crippen molar-refractivity contribution in [2.75, 3.05) is 19.6 Å². The predicted molar refractivity (Wildman–Crippen MR) is 116 cm³/mol. The second kappa shape index (κ2) is 11.2. The zero-order valence-corrected chi connectivity index (χ0v) is 17.3. The lowest BCUT2D eigenvalue weighted by molar-refractivity contribution is -0.122. The number of guanidine groups is 1. The normalized spacial score (nSPS) is 13.6. The van der Waals surface area contributed by atoms with Crippen LogP contribution in [-0.4, -0.2) is 31.5 Å². The Labute approximate surface area is 176 Å². The molecular weight excluding hydrogens is 383 g/mol. The van der Waals surface area contributed by atoms with E-state index in [1.807, 2.05) is 37.3 Å². The molecule has 1 aliphatic carbocycles. The van der Waals surface area contributed by atoms with Gasteiger partial charge in [0.1, 0.15) is 18.2 Å². The van der Waals surface area contributed by atoms with E-state index < -0.39 is 0 Å². The zero-order chi connectivity index (χ0) is 21.2. The fourth-order valence-electron chi connectivity index (χ4n) is 2.85. The lowest BCUT2D eigenvalue weighted by atomic mass is 10.2. The van der Waals surface area contributed by atoms with Crippen molar-refractivity contribution in [3.8, 4) is 5.75 Å². The van der Waals surface area contributed by atoms with Crippen molar-refractivity contribution in [1.29, 1.82) is 0 Å². The average molecular weight is 413 g/mol. The van der Waals surface area contributed by atoms with Crippen LogP contribution in [-0.2, 0) is 17.9 Å². The van der Waals surface area contributed by atoms with Gasteiger partial charge in [-0.05, 0) is 55.2 Å². The van der Waals surface area contributed by atoms with Gasteiger partial charge in [0, 0.05) is 25.6 Å². The van der Waals surface area contributed by atoms with Gasteiger partial charge in [-0.2, -0.15) is 0 Å². The third kappa shape index (κ3) is 7.39. The van der Waals surface area contributed by atoms with Gasteiger partial charge in [-0.1, -0.05) is 24.3 Å². The van der Waals surface area contributed by atoms with Crippen LogP contribution < -0.4 is 20.7 Å². The highest BCUT2D eigenvalue weighted by molar-refractivity contribution is 5.81. The number of amides is 1. The summed E-state index contributed by atoms with van der Waals surface area (Å²) in [5, 5.41) is 9.36. The highest BCUT2D eigenvalue weighted by Crippen LogP contribution is 2.28. The number of benzene rings is 2.